The van der Waals surface area contributed by atoms with Crippen LogP contribution in [-0.2, 0) is 11.0 Å². The van der Waals surface area contributed by atoms with Gasteiger partial charge >= 0.3 is 0 Å². The number of rotatable bonds is 7. The van der Waals surface area contributed by atoms with Crippen molar-refractivity contribution in [1.82, 2.24) is 4.72 Å². The molecule has 0 amide bonds. The lowest BCUT2D eigenvalue weighted by molar-refractivity contribution is -0.385. The van der Waals surface area contributed by atoms with Crippen molar-refractivity contribution in [2.45, 2.75) is 54.5 Å². The molecule has 1 fully saturated rings. The molecule has 1 aliphatic rings. The Hall–Kier alpha value is -1.18. The number of benzene rings is 1. The van der Waals surface area contributed by atoms with E-state index in [2.05, 4.69) is 11.3 Å². The molecule has 0 aliphatic heterocycles. The largest absolute Gasteiger partial charge is 0.269 e. The van der Waals surface area contributed by atoms with Crippen LogP contribution in [0.15, 0.2) is 35.7 Å². The molecule has 1 aromatic carbocycles. The minimum absolute atomic E-state index is 0.0373. The first-order valence-corrected chi connectivity index (χ1v) is 9.51. The molecule has 1 N–H and O–H groups in total. The fraction of sp³-hybridized carbons (Fsp3) is 0.500. The molecule has 0 radical (unpaired) electrons. The van der Waals surface area contributed by atoms with E-state index in [-0.39, 0.29) is 5.69 Å². The first kappa shape index (κ1) is 18.2. The lowest BCUT2D eigenvalue weighted by Crippen LogP contribution is -2.35. The lowest BCUT2D eigenvalue weighted by Gasteiger charge is -2.23. The standard InChI is InChI=1S/C16H22N2O3S2/c1-5-14(17-23(21)16(2,3)4)13-10-11(18(19)20)6-9-15(13)22-12-7-8-12/h5-6,9-10,12,14,17H,1,7-8H2,2-4H3. The summed E-state index contributed by atoms with van der Waals surface area (Å²) in [6.45, 7) is 9.44. The van der Waals surface area contributed by atoms with Crippen LogP contribution >= 0.6 is 11.8 Å². The van der Waals surface area contributed by atoms with Crippen LogP contribution in [0.4, 0.5) is 5.69 Å². The molecule has 2 atom stereocenters. The number of hydrogen-bond donors (Lipinski definition) is 1. The number of non-ortho nitro benzene ring substituents is 1. The smallest absolute Gasteiger partial charge is 0.258 e. The molecule has 2 unspecified atom stereocenters. The highest BCUT2D eigenvalue weighted by molar-refractivity contribution is 8.00. The summed E-state index contributed by atoms with van der Waals surface area (Å²) in [4.78, 5) is 11.7. The van der Waals surface area contributed by atoms with Crippen molar-refractivity contribution in [2.24, 2.45) is 0 Å². The van der Waals surface area contributed by atoms with Gasteiger partial charge in [-0.15, -0.1) is 18.3 Å². The van der Waals surface area contributed by atoms with Crippen LogP contribution in [0.3, 0.4) is 0 Å². The number of thioether (sulfide) groups is 1. The summed E-state index contributed by atoms with van der Waals surface area (Å²) in [6, 6.07) is 4.48. The number of nitro benzene ring substituents is 1. The normalized spacial score (nSPS) is 17.5. The van der Waals surface area contributed by atoms with Crippen molar-refractivity contribution in [2.75, 3.05) is 0 Å². The van der Waals surface area contributed by atoms with Crippen LogP contribution in [0.2, 0.25) is 0 Å². The van der Waals surface area contributed by atoms with Crippen molar-refractivity contribution in [3.8, 4) is 0 Å². The van der Waals surface area contributed by atoms with E-state index in [0.717, 1.165) is 10.5 Å². The maximum absolute atomic E-state index is 12.4. The number of nitro groups is 1. The predicted molar refractivity (Wildman–Crippen MR) is 95.9 cm³/mol. The Kier molecular flexibility index (Phi) is 5.65. The van der Waals surface area contributed by atoms with Gasteiger partial charge in [0.1, 0.15) is 0 Å². The summed E-state index contributed by atoms with van der Waals surface area (Å²) in [5, 5.41) is 11.7. The van der Waals surface area contributed by atoms with Crippen LogP contribution in [-0.4, -0.2) is 19.1 Å². The van der Waals surface area contributed by atoms with Crippen LogP contribution in [0.1, 0.15) is 45.2 Å². The summed E-state index contributed by atoms with van der Waals surface area (Å²) < 4.78 is 15.0. The van der Waals surface area contributed by atoms with Gasteiger partial charge in [-0.2, -0.15) is 0 Å². The highest BCUT2D eigenvalue weighted by Crippen LogP contribution is 2.42. The SMILES string of the molecule is C=CC(NS(=O)C(C)(C)C)c1cc([N+](=O)[O-])ccc1SC1CC1. The number of nitrogens with one attached hydrogen (secondary N) is 1. The molecule has 1 aliphatic carbocycles. The van der Waals surface area contributed by atoms with E-state index in [1.54, 1.807) is 30.0 Å². The van der Waals surface area contributed by atoms with Gasteiger partial charge in [0, 0.05) is 22.3 Å². The fourth-order valence-electron chi connectivity index (χ4n) is 1.90. The van der Waals surface area contributed by atoms with Gasteiger partial charge in [0.25, 0.3) is 5.69 Å². The molecule has 5 nitrogen and oxygen atoms in total. The van der Waals surface area contributed by atoms with Gasteiger partial charge in [-0.25, -0.2) is 8.93 Å². The molecule has 0 bridgehead atoms. The maximum Gasteiger partial charge on any atom is 0.269 e. The molecule has 0 spiro atoms. The van der Waals surface area contributed by atoms with E-state index in [0.29, 0.717) is 5.25 Å². The van der Waals surface area contributed by atoms with Gasteiger partial charge in [0.15, 0.2) is 0 Å². The highest BCUT2D eigenvalue weighted by atomic mass is 32.2. The molecule has 23 heavy (non-hydrogen) atoms. The second kappa shape index (κ2) is 7.15. The second-order valence-electron chi connectivity index (χ2n) is 6.51. The Bertz CT molecular complexity index is 637. The monoisotopic (exact) mass is 354 g/mol. The quantitative estimate of drug-likeness (QED) is 0.454. The third-order valence-electron chi connectivity index (χ3n) is 3.38. The molecule has 126 valence electrons. The molecule has 1 saturated carbocycles. The molecular weight excluding hydrogens is 332 g/mol. The zero-order chi connectivity index (χ0) is 17.2. The molecule has 2 rings (SSSR count). The summed E-state index contributed by atoms with van der Waals surface area (Å²) in [5.41, 5.74) is 0.805. The van der Waals surface area contributed by atoms with Crippen molar-refractivity contribution in [3.63, 3.8) is 0 Å². The van der Waals surface area contributed by atoms with E-state index in [1.165, 1.54) is 18.9 Å². The minimum Gasteiger partial charge on any atom is -0.258 e. The van der Waals surface area contributed by atoms with E-state index in [4.69, 9.17) is 0 Å². The first-order valence-electron chi connectivity index (χ1n) is 7.48. The molecule has 7 heteroatoms. The van der Waals surface area contributed by atoms with Crippen LogP contribution in [0, 0.1) is 10.1 Å². The van der Waals surface area contributed by atoms with Crippen molar-refractivity contribution in [3.05, 3.63) is 46.5 Å². The maximum atomic E-state index is 12.4. The Morgan fingerprint density at radius 1 is 1.48 bits per heavy atom. The average Bonchev–Trinajstić information content (AvgIpc) is 3.27. The highest BCUT2D eigenvalue weighted by Gasteiger charge is 2.28. The van der Waals surface area contributed by atoms with Gasteiger partial charge < -0.3 is 0 Å². The predicted octanol–water partition coefficient (Wildman–Crippen LogP) is 4.13. The summed E-state index contributed by atoms with van der Waals surface area (Å²) in [7, 11) is -1.29. The van der Waals surface area contributed by atoms with Crippen molar-refractivity contribution < 1.29 is 9.13 Å². The van der Waals surface area contributed by atoms with Gasteiger partial charge in [-0.3, -0.25) is 10.1 Å². The lowest BCUT2D eigenvalue weighted by atomic mass is 10.1. The summed E-state index contributed by atoms with van der Waals surface area (Å²) in [6.07, 6.45) is 3.99. The zero-order valence-electron chi connectivity index (χ0n) is 13.6. The minimum atomic E-state index is -1.29. The van der Waals surface area contributed by atoms with Crippen molar-refractivity contribution in [1.29, 1.82) is 0 Å². The zero-order valence-corrected chi connectivity index (χ0v) is 15.2. The van der Waals surface area contributed by atoms with E-state index in [1.807, 2.05) is 20.8 Å². The van der Waals surface area contributed by atoms with E-state index < -0.39 is 26.7 Å². The fourth-order valence-corrected chi connectivity index (χ4v) is 3.90. The molecule has 0 heterocycles. The molecule has 0 saturated heterocycles. The van der Waals surface area contributed by atoms with Crippen molar-refractivity contribution >= 4 is 28.4 Å². The molecule has 0 aromatic heterocycles. The van der Waals surface area contributed by atoms with Gasteiger partial charge in [-0.1, -0.05) is 6.08 Å². The second-order valence-corrected chi connectivity index (χ2v) is 9.85. The Morgan fingerprint density at radius 2 is 2.13 bits per heavy atom. The average molecular weight is 354 g/mol. The van der Waals surface area contributed by atoms with Gasteiger partial charge in [-0.05, 0) is 45.2 Å². The third-order valence-corrected chi connectivity index (χ3v) is 6.39. The van der Waals surface area contributed by atoms with Crippen LogP contribution in [0.5, 0.6) is 0 Å². The number of nitrogens with zero attached hydrogens (tertiary/aromatic N) is 1. The Balaban J connectivity index is 2.34. The number of hydrogen-bond acceptors (Lipinski definition) is 4. The molecular formula is C16H22N2O3S2. The Morgan fingerprint density at radius 3 is 2.61 bits per heavy atom. The van der Waals surface area contributed by atoms with Gasteiger partial charge in [0.2, 0.25) is 0 Å². The van der Waals surface area contributed by atoms with Gasteiger partial charge in [0.05, 0.1) is 26.7 Å². The Labute approximate surface area is 143 Å². The first-order chi connectivity index (χ1) is 10.7. The van der Waals surface area contributed by atoms with Crippen LogP contribution in [0.25, 0.3) is 0 Å². The van der Waals surface area contributed by atoms with E-state index in [9.17, 15) is 14.3 Å². The third kappa shape index (κ3) is 4.89. The topological polar surface area (TPSA) is 72.2 Å². The molecule has 1 aromatic rings. The summed E-state index contributed by atoms with van der Waals surface area (Å²) in [5.74, 6) is 0. The summed E-state index contributed by atoms with van der Waals surface area (Å²) >= 11 is 1.73. The van der Waals surface area contributed by atoms with Crippen LogP contribution < -0.4 is 4.72 Å². The van der Waals surface area contributed by atoms with E-state index >= 15 is 0 Å².